The summed E-state index contributed by atoms with van der Waals surface area (Å²) in [6.07, 6.45) is 1.28. The highest BCUT2D eigenvalue weighted by atomic mass is 32.2. The van der Waals surface area contributed by atoms with Crippen LogP contribution < -0.4 is 0 Å². The van der Waals surface area contributed by atoms with E-state index in [2.05, 4.69) is 9.88 Å². The maximum Gasteiger partial charge on any atom is 0.208 e. The highest BCUT2D eigenvalue weighted by Crippen LogP contribution is 2.14. The quantitative estimate of drug-likeness (QED) is 0.773. The maximum absolute atomic E-state index is 5.60. The molecule has 2 heterocycles. The molecule has 4 heteroatoms. The van der Waals surface area contributed by atoms with Gasteiger partial charge in [-0.05, 0) is 32.6 Å². The number of thioether (sulfide) groups is 1. The number of nitrogens with zero attached hydrogens (tertiary/aromatic N) is 2. The lowest BCUT2D eigenvalue weighted by molar-refractivity contribution is 0.255. The minimum Gasteiger partial charge on any atom is -0.444 e. The van der Waals surface area contributed by atoms with Crippen LogP contribution in [0.2, 0.25) is 0 Å². The zero-order valence-electron chi connectivity index (χ0n) is 9.45. The minimum absolute atomic E-state index is 0.870. The van der Waals surface area contributed by atoms with Crippen molar-refractivity contribution in [1.82, 2.24) is 9.88 Å². The highest BCUT2D eigenvalue weighted by molar-refractivity contribution is 7.99. The zero-order chi connectivity index (χ0) is 10.7. The number of hydrogen-bond donors (Lipinski definition) is 0. The summed E-state index contributed by atoms with van der Waals surface area (Å²) in [7, 11) is 0. The van der Waals surface area contributed by atoms with Crippen molar-refractivity contribution < 1.29 is 4.42 Å². The van der Waals surface area contributed by atoms with Crippen LogP contribution >= 0.6 is 11.8 Å². The third kappa shape index (κ3) is 2.98. The fraction of sp³-hybridized carbons (Fsp3) is 0.727. The molecule has 0 radical (unpaired) electrons. The number of aryl methyl sites for hydroxylation is 2. The molecule has 1 saturated heterocycles. The van der Waals surface area contributed by atoms with Crippen molar-refractivity contribution in [3.63, 3.8) is 0 Å². The summed E-state index contributed by atoms with van der Waals surface area (Å²) >= 11 is 2.05. The number of hydrogen-bond acceptors (Lipinski definition) is 4. The predicted molar refractivity (Wildman–Crippen MR) is 63.2 cm³/mol. The molecule has 2 rings (SSSR count). The third-order valence-electron chi connectivity index (χ3n) is 2.75. The molecule has 0 unspecified atom stereocenters. The first-order valence-corrected chi connectivity index (χ1v) is 6.64. The van der Waals surface area contributed by atoms with E-state index in [0.29, 0.717) is 0 Å². The first-order valence-electron chi connectivity index (χ1n) is 5.49. The van der Waals surface area contributed by atoms with Crippen LogP contribution in [0.4, 0.5) is 0 Å². The molecule has 15 heavy (non-hydrogen) atoms. The van der Waals surface area contributed by atoms with E-state index in [4.69, 9.17) is 4.42 Å². The van der Waals surface area contributed by atoms with Crippen LogP contribution in [0, 0.1) is 13.8 Å². The first kappa shape index (κ1) is 11.0. The second-order valence-corrected chi connectivity index (χ2v) is 5.22. The lowest BCUT2D eigenvalue weighted by Crippen LogP contribution is -2.25. The molecule has 0 atom stereocenters. The van der Waals surface area contributed by atoms with Gasteiger partial charge in [-0.1, -0.05) is 0 Å². The van der Waals surface area contributed by atoms with Gasteiger partial charge >= 0.3 is 0 Å². The average Bonchev–Trinajstić information content (AvgIpc) is 2.45. The molecule has 0 bridgehead atoms. The Balaban J connectivity index is 1.95. The van der Waals surface area contributed by atoms with Crippen molar-refractivity contribution in [3.8, 4) is 0 Å². The molecule has 1 aromatic rings. The third-order valence-corrected chi connectivity index (χ3v) is 3.80. The van der Waals surface area contributed by atoms with Crippen LogP contribution in [-0.4, -0.2) is 34.5 Å². The summed E-state index contributed by atoms with van der Waals surface area (Å²) in [5.41, 5.74) is 1.02. The van der Waals surface area contributed by atoms with Crippen molar-refractivity contribution in [2.24, 2.45) is 0 Å². The summed E-state index contributed by atoms with van der Waals surface area (Å²) in [6.45, 7) is 7.18. The molecule has 1 aliphatic heterocycles. The Morgan fingerprint density at radius 2 is 2.20 bits per heavy atom. The topological polar surface area (TPSA) is 29.3 Å². The lowest BCUT2D eigenvalue weighted by atomic mass is 10.4. The molecule has 0 saturated carbocycles. The fourth-order valence-corrected chi connectivity index (χ4v) is 2.68. The molecule has 1 aromatic heterocycles. The summed E-state index contributed by atoms with van der Waals surface area (Å²) in [5, 5.41) is 0. The Kier molecular flexibility index (Phi) is 3.70. The Morgan fingerprint density at radius 3 is 2.93 bits per heavy atom. The van der Waals surface area contributed by atoms with E-state index < -0.39 is 0 Å². The Morgan fingerprint density at radius 1 is 1.33 bits per heavy atom. The number of aromatic nitrogens is 1. The number of rotatable bonds is 2. The molecule has 0 spiro atoms. The minimum atomic E-state index is 0.870. The van der Waals surface area contributed by atoms with Crippen molar-refractivity contribution >= 4 is 11.8 Å². The van der Waals surface area contributed by atoms with Gasteiger partial charge in [0.2, 0.25) is 5.89 Å². The second kappa shape index (κ2) is 5.03. The van der Waals surface area contributed by atoms with E-state index in [9.17, 15) is 0 Å². The van der Waals surface area contributed by atoms with Gasteiger partial charge in [-0.3, -0.25) is 4.90 Å². The van der Waals surface area contributed by atoms with Gasteiger partial charge in [0.25, 0.3) is 0 Å². The Bertz CT molecular complexity index is 297. The van der Waals surface area contributed by atoms with Gasteiger partial charge in [-0.2, -0.15) is 11.8 Å². The van der Waals surface area contributed by atoms with Gasteiger partial charge in [0.1, 0.15) is 5.76 Å². The van der Waals surface area contributed by atoms with Gasteiger partial charge in [0.05, 0.1) is 12.2 Å². The molecule has 0 N–H and O–H groups in total. The smallest absolute Gasteiger partial charge is 0.208 e. The van der Waals surface area contributed by atoms with Gasteiger partial charge < -0.3 is 4.42 Å². The van der Waals surface area contributed by atoms with Gasteiger partial charge in [-0.15, -0.1) is 0 Å². The molecular weight excluding hydrogens is 208 g/mol. The predicted octanol–water partition coefficient (Wildman–Crippen LogP) is 2.23. The molecular formula is C11H18N2OS. The molecule has 0 aromatic carbocycles. The Hall–Kier alpha value is -0.480. The van der Waals surface area contributed by atoms with Crippen molar-refractivity contribution in [2.75, 3.05) is 24.6 Å². The van der Waals surface area contributed by atoms with Crippen molar-refractivity contribution in [1.29, 1.82) is 0 Å². The van der Waals surface area contributed by atoms with Gasteiger partial charge in [0, 0.05) is 12.3 Å². The lowest BCUT2D eigenvalue weighted by Gasteiger charge is -2.16. The fourth-order valence-electron chi connectivity index (χ4n) is 1.75. The molecule has 0 amide bonds. The highest BCUT2D eigenvalue weighted by Gasteiger charge is 2.13. The van der Waals surface area contributed by atoms with E-state index >= 15 is 0 Å². The Labute approximate surface area is 95.2 Å². The van der Waals surface area contributed by atoms with E-state index in [-0.39, 0.29) is 0 Å². The van der Waals surface area contributed by atoms with E-state index in [1.807, 2.05) is 25.6 Å². The van der Waals surface area contributed by atoms with E-state index in [0.717, 1.165) is 30.4 Å². The first-order chi connectivity index (χ1) is 7.25. The summed E-state index contributed by atoms with van der Waals surface area (Å²) < 4.78 is 5.60. The summed E-state index contributed by atoms with van der Waals surface area (Å²) in [6, 6.07) is 0. The van der Waals surface area contributed by atoms with Gasteiger partial charge in [0.15, 0.2) is 0 Å². The molecule has 0 aliphatic carbocycles. The molecule has 84 valence electrons. The van der Waals surface area contributed by atoms with E-state index in [1.165, 1.54) is 24.5 Å². The average molecular weight is 226 g/mol. The summed E-state index contributed by atoms with van der Waals surface area (Å²) in [4.78, 5) is 6.86. The van der Waals surface area contributed by atoms with Crippen LogP contribution in [0.1, 0.15) is 23.8 Å². The van der Waals surface area contributed by atoms with Crippen molar-refractivity contribution in [3.05, 3.63) is 17.3 Å². The number of oxazole rings is 1. The van der Waals surface area contributed by atoms with Gasteiger partial charge in [-0.25, -0.2) is 4.98 Å². The molecule has 1 aliphatic rings. The van der Waals surface area contributed by atoms with Crippen LogP contribution in [0.25, 0.3) is 0 Å². The van der Waals surface area contributed by atoms with Crippen LogP contribution in [0.5, 0.6) is 0 Å². The standard InChI is InChI=1S/C11H18N2OS/c1-9-10(2)14-11(12-9)8-13-4-3-6-15-7-5-13/h3-8H2,1-2H3. The second-order valence-electron chi connectivity index (χ2n) is 3.99. The van der Waals surface area contributed by atoms with Crippen LogP contribution in [0.3, 0.4) is 0 Å². The monoisotopic (exact) mass is 226 g/mol. The molecule has 3 nitrogen and oxygen atoms in total. The largest absolute Gasteiger partial charge is 0.444 e. The summed E-state index contributed by atoms with van der Waals surface area (Å²) in [5.74, 6) is 4.35. The van der Waals surface area contributed by atoms with Crippen LogP contribution in [-0.2, 0) is 6.54 Å². The van der Waals surface area contributed by atoms with Crippen LogP contribution in [0.15, 0.2) is 4.42 Å². The normalized spacial score (nSPS) is 19.1. The van der Waals surface area contributed by atoms with E-state index in [1.54, 1.807) is 0 Å². The zero-order valence-corrected chi connectivity index (χ0v) is 10.3. The SMILES string of the molecule is Cc1nc(CN2CCCSCC2)oc1C. The molecule has 1 fully saturated rings. The van der Waals surface area contributed by atoms with Crippen molar-refractivity contribution in [2.45, 2.75) is 26.8 Å². The maximum atomic E-state index is 5.60.